The van der Waals surface area contributed by atoms with Crippen LogP contribution < -0.4 is 4.74 Å². The summed E-state index contributed by atoms with van der Waals surface area (Å²) in [5.74, 6) is -0.791. The Labute approximate surface area is 225 Å². The van der Waals surface area contributed by atoms with E-state index in [-0.39, 0.29) is 34.7 Å². The third kappa shape index (κ3) is 3.87. The molecule has 0 fully saturated rings. The summed E-state index contributed by atoms with van der Waals surface area (Å²) in [6.45, 7) is -3.97. The van der Waals surface area contributed by atoms with E-state index in [0.29, 0.717) is 22.2 Å². The van der Waals surface area contributed by atoms with Crippen molar-refractivity contribution in [2.75, 3.05) is 20.3 Å². The fourth-order valence-corrected chi connectivity index (χ4v) is 6.23. The lowest BCUT2D eigenvalue weighted by Crippen LogP contribution is -2.30. The summed E-state index contributed by atoms with van der Waals surface area (Å²) in [5, 5.41) is 0. The van der Waals surface area contributed by atoms with E-state index < -0.39 is 44.4 Å². The lowest BCUT2D eigenvalue weighted by molar-refractivity contribution is -0.0507. The van der Waals surface area contributed by atoms with Gasteiger partial charge in [0.2, 0.25) is 0 Å². The number of ether oxygens (including phenoxy) is 1. The predicted molar refractivity (Wildman–Crippen MR) is 139 cm³/mol. The van der Waals surface area contributed by atoms with Crippen LogP contribution in [0.4, 0.5) is 17.6 Å². The molecule has 3 heterocycles. The molecule has 0 aliphatic carbocycles. The number of halogens is 4. The number of carbonyl (C=O) groups is 1. The van der Waals surface area contributed by atoms with Gasteiger partial charge in [0.25, 0.3) is 5.91 Å². The van der Waals surface area contributed by atoms with Gasteiger partial charge < -0.3 is 18.8 Å². The van der Waals surface area contributed by atoms with Crippen molar-refractivity contribution < 1.29 is 35.8 Å². The van der Waals surface area contributed by atoms with Crippen LogP contribution in [0.3, 0.4) is 0 Å². The normalized spacial score (nSPS) is 20.3. The van der Waals surface area contributed by atoms with Crippen LogP contribution in [0.25, 0.3) is 22.2 Å². The fourth-order valence-electron chi connectivity index (χ4n) is 5.46. The highest BCUT2D eigenvalue weighted by Gasteiger charge is 2.46. The van der Waals surface area contributed by atoms with Gasteiger partial charge in [-0.15, -0.1) is 0 Å². The van der Waals surface area contributed by atoms with Gasteiger partial charge in [0.05, 0.1) is 23.1 Å². The molecule has 39 heavy (non-hydrogen) atoms. The Morgan fingerprint density at radius 1 is 1.08 bits per heavy atom. The van der Waals surface area contributed by atoms with Gasteiger partial charge in [0, 0.05) is 34.2 Å². The molecule has 11 heteroatoms. The second-order valence-electron chi connectivity index (χ2n) is 10.1. The number of fused-ring (bicyclic) bond motifs is 9. The summed E-state index contributed by atoms with van der Waals surface area (Å²) >= 11 is 0. The molecule has 0 radical (unpaired) electrons. The average Bonchev–Trinajstić information content (AvgIpc) is 3.40. The number of rotatable bonds is 5. The van der Waals surface area contributed by atoms with Crippen molar-refractivity contribution in [2.45, 2.75) is 30.8 Å². The molecule has 2 atom stereocenters. The molecular weight excluding hydrogens is 533 g/mol. The first-order valence-electron chi connectivity index (χ1n) is 13.6. The molecule has 0 spiro atoms. The largest absolute Gasteiger partial charge is 0.434 e. The average molecular weight is 561 g/mol. The standard InChI is InChI=1S/C28H24F4N3O3P/c1-34-22-14-21(24-18(26(34)36)5-4-6-23(24)38-27(29)30)35-20-13-16(9-12-19(20)33-25(22)35)15-7-10-17(11-8-15)28(31,32)39(2,3)37/h4-13,21-22,27H,14H2,1-3H3/t21-,22-/m1/s1/i1D3. The summed E-state index contributed by atoms with van der Waals surface area (Å²) < 4.78 is 99.1. The minimum atomic E-state index is -3.76. The van der Waals surface area contributed by atoms with Crippen LogP contribution in [0.1, 0.15) is 49.9 Å². The van der Waals surface area contributed by atoms with E-state index in [0.717, 1.165) is 18.2 Å². The van der Waals surface area contributed by atoms with E-state index in [9.17, 15) is 26.9 Å². The lowest BCUT2D eigenvalue weighted by Gasteiger charge is -2.24. The molecule has 2 aliphatic rings. The van der Waals surface area contributed by atoms with Gasteiger partial charge in [-0.25, -0.2) is 4.98 Å². The second kappa shape index (κ2) is 8.68. The Kier molecular flexibility index (Phi) is 4.94. The van der Waals surface area contributed by atoms with Crippen molar-refractivity contribution in [3.05, 3.63) is 83.2 Å². The van der Waals surface area contributed by atoms with Crippen LogP contribution in [0.2, 0.25) is 0 Å². The molecule has 202 valence electrons. The number of alkyl halides is 4. The number of hydrogen-bond donors (Lipinski definition) is 0. The zero-order valence-corrected chi connectivity index (χ0v) is 21.6. The Bertz CT molecular complexity index is 1790. The van der Waals surface area contributed by atoms with Crippen molar-refractivity contribution >= 4 is 24.1 Å². The van der Waals surface area contributed by atoms with Gasteiger partial charge in [0.15, 0.2) is 7.14 Å². The molecule has 6 rings (SSSR count). The maximum Gasteiger partial charge on any atom is 0.387 e. The van der Waals surface area contributed by atoms with Gasteiger partial charge in [-0.1, -0.05) is 36.4 Å². The zero-order chi connectivity index (χ0) is 30.4. The molecule has 0 unspecified atom stereocenters. The molecule has 0 N–H and O–H groups in total. The quantitative estimate of drug-likeness (QED) is 0.193. The first-order chi connectivity index (χ1) is 19.6. The third-order valence-electron chi connectivity index (χ3n) is 7.39. The molecular formula is C28H24F4N3O3P. The molecule has 2 aliphatic heterocycles. The highest BCUT2D eigenvalue weighted by atomic mass is 31.2. The van der Waals surface area contributed by atoms with Crippen molar-refractivity contribution in [1.29, 1.82) is 0 Å². The highest BCUT2D eigenvalue weighted by molar-refractivity contribution is 7.63. The maximum atomic E-state index is 14.6. The third-order valence-corrected chi connectivity index (χ3v) is 9.00. The van der Waals surface area contributed by atoms with Crippen LogP contribution in [-0.2, 0) is 10.2 Å². The SMILES string of the molecule is [2H]C([2H])([2H])N1C(=O)c2cccc(OC(F)F)c2[C@H]2C[C@@H]1c1nc3ccc(-c4ccc(C(F)(F)P(C)(C)=O)cc4)cc3n12. The molecule has 0 saturated heterocycles. The van der Waals surface area contributed by atoms with Crippen LogP contribution in [0, 0.1) is 0 Å². The van der Waals surface area contributed by atoms with Crippen molar-refractivity contribution in [1.82, 2.24) is 14.5 Å². The summed E-state index contributed by atoms with van der Waals surface area (Å²) in [7, 11) is -3.76. The first-order valence-corrected chi connectivity index (χ1v) is 14.7. The summed E-state index contributed by atoms with van der Waals surface area (Å²) in [5.41, 5.74) is -1.57. The fraction of sp³-hybridized carbons (Fsp3) is 0.286. The maximum absolute atomic E-state index is 14.6. The van der Waals surface area contributed by atoms with E-state index >= 15 is 0 Å². The monoisotopic (exact) mass is 560 g/mol. The summed E-state index contributed by atoms with van der Waals surface area (Å²) in [6, 6.07) is 12.9. The minimum Gasteiger partial charge on any atom is -0.434 e. The van der Waals surface area contributed by atoms with Crippen LogP contribution in [0.15, 0.2) is 60.7 Å². The summed E-state index contributed by atoms with van der Waals surface area (Å²) in [6.07, 6.45) is 0.0705. The Morgan fingerprint density at radius 2 is 1.79 bits per heavy atom. The molecule has 3 aromatic carbocycles. The first kappa shape index (κ1) is 22.2. The number of nitrogens with zero attached hydrogens (tertiary/aromatic N) is 3. The van der Waals surface area contributed by atoms with Gasteiger partial charge in [-0.3, -0.25) is 4.79 Å². The van der Waals surface area contributed by atoms with E-state index in [1.165, 1.54) is 42.5 Å². The molecule has 6 nitrogen and oxygen atoms in total. The molecule has 4 aromatic rings. The molecule has 0 saturated carbocycles. The van der Waals surface area contributed by atoms with E-state index in [2.05, 4.69) is 4.98 Å². The summed E-state index contributed by atoms with van der Waals surface area (Å²) in [4.78, 5) is 19.0. The number of carbonyl (C=O) groups excluding carboxylic acids is 1. The predicted octanol–water partition coefficient (Wildman–Crippen LogP) is 7.10. The van der Waals surface area contributed by atoms with E-state index in [4.69, 9.17) is 8.85 Å². The van der Waals surface area contributed by atoms with Crippen LogP contribution in [0.5, 0.6) is 5.75 Å². The Hall–Kier alpha value is -3.65. The van der Waals surface area contributed by atoms with Gasteiger partial charge in [-0.2, -0.15) is 17.6 Å². The number of aromatic nitrogens is 2. The lowest BCUT2D eigenvalue weighted by atomic mass is 9.97. The van der Waals surface area contributed by atoms with Crippen molar-refractivity contribution in [2.24, 2.45) is 0 Å². The van der Waals surface area contributed by atoms with Crippen LogP contribution in [-0.4, -0.2) is 47.3 Å². The molecule has 2 bridgehead atoms. The van der Waals surface area contributed by atoms with Gasteiger partial charge in [-0.05, 0) is 48.7 Å². The van der Waals surface area contributed by atoms with Crippen molar-refractivity contribution in [3.8, 4) is 16.9 Å². The van der Waals surface area contributed by atoms with E-state index in [1.54, 1.807) is 22.8 Å². The molecule has 1 amide bonds. The topological polar surface area (TPSA) is 64.4 Å². The zero-order valence-electron chi connectivity index (χ0n) is 23.7. The molecule has 1 aromatic heterocycles. The second-order valence-corrected chi connectivity index (χ2v) is 13.3. The Balaban J connectivity index is 1.52. The minimum absolute atomic E-state index is 0.0546. The van der Waals surface area contributed by atoms with Gasteiger partial charge >= 0.3 is 12.3 Å². The Morgan fingerprint density at radius 3 is 2.46 bits per heavy atom. The number of imidazole rings is 1. The van der Waals surface area contributed by atoms with Gasteiger partial charge in [0.1, 0.15) is 11.6 Å². The smallest absolute Gasteiger partial charge is 0.387 e. The highest BCUT2D eigenvalue weighted by Crippen LogP contribution is 2.60. The van der Waals surface area contributed by atoms with E-state index in [1.807, 2.05) is 0 Å². The number of benzene rings is 3. The number of hydrogen-bond acceptors (Lipinski definition) is 4. The van der Waals surface area contributed by atoms with Crippen LogP contribution >= 0.6 is 7.14 Å². The van der Waals surface area contributed by atoms with Crippen molar-refractivity contribution in [3.63, 3.8) is 0 Å². The number of amides is 1.